The molecule has 2 aromatic heterocycles. The van der Waals surface area contributed by atoms with Crippen molar-refractivity contribution >= 4 is 11.7 Å². The second-order valence-electron chi connectivity index (χ2n) is 7.61. The first-order valence-electron chi connectivity index (χ1n) is 9.78. The topological polar surface area (TPSA) is 63.4 Å². The van der Waals surface area contributed by atoms with Gasteiger partial charge in [0.05, 0.1) is 5.92 Å². The lowest BCUT2D eigenvalue weighted by Gasteiger charge is -2.33. The average Bonchev–Trinajstić information content (AvgIpc) is 3.21. The van der Waals surface area contributed by atoms with Gasteiger partial charge in [-0.1, -0.05) is 29.8 Å². The molecule has 1 aliphatic rings. The molecule has 0 saturated carbocycles. The number of halogens is 2. The fourth-order valence-electron chi connectivity index (χ4n) is 3.89. The minimum atomic E-state index is -2.65. The molecule has 3 aromatic rings. The predicted molar refractivity (Wildman–Crippen MR) is 104 cm³/mol. The number of aromatic nitrogens is 4. The highest BCUT2D eigenvalue weighted by Crippen LogP contribution is 2.31. The number of nitrogens with zero attached hydrogens (tertiary/aromatic N) is 5. The van der Waals surface area contributed by atoms with Crippen LogP contribution in [0.5, 0.6) is 0 Å². The number of amides is 1. The molecule has 4 rings (SSSR count). The van der Waals surface area contributed by atoms with Crippen LogP contribution in [0, 0.1) is 6.92 Å². The van der Waals surface area contributed by atoms with Gasteiger partial charge in [-0.3, -0.25) is 4.79 Å². The minimum Gasteiger partial charge on any atom is -0.342 e. The molecule has 152 valence electrons. The molecule has 0 aliphatic carbocycles. The van der Waals surface area contributed by atoms with E-state index in [-0.39, 0.29) is 29.2 Å². The number of piperidine rings is 1. The maximum atomic E-state index is 13.4. The van der Waals surface area contributed by atoms with E-state index in [1.807, 2.05) is 43.0 Å². The Bertz CT molecular complexity index is 1010. The van der Waals surface area contributed by atoms with Crippen LogP contribution in [-0.2, 0) is 4.79 Å². The lowest BCUT2D eigenvalue weighted by molar-refractivity contribution is -0.133. The molecule has 1 saturated heterocycles. The van der Waals surface area contributed by atoms with Gasteiger partial charge >= 0.3 is 0 Å². The van der Waals surface area contributed by atoms with Crippen molar-refractivity contribution in [2.24, 2.45) is 0 Å². The number of rotatable bonds is 4. The van der Waals surface area contributed by atoms with E-state index >= 15 is 0 Å². The van der Waals surface area contributed by atoms with E-state index in [1.165, 1.54) is 12.4 Å². The minimum absolute atomic E-state index is 0.0212. The third-order valence-electron chi connectivity index (χ3n) is 5.70. The van der Waals surface area contributed by atoms with Gasteiger partial charge in [0.15, 0.2) is 0 Å². The summed E-state index contributed by atoms with van der Waals surface area (Å²) in [6.45, 7) is 5.12. The van der Waals surface area contributed by atoms with Crippen LogP contribution in [-0.4, -0.2) is 43.5 Å². The number of carbonyl (C=O) groups is 1. The van der Waals surface area contributed by atoms with Gasteiger partial charge < -0.3 is 4.90 Å². The lowest BCUT2D eigenvalue weighted by Crippen LogP contribution is -2.40. The Hall–Kier alpha value is -2.90. The van der Waals surface area contributed by atoms with E-state index in [0.29, 0.717) is 31.6 Å². The van der Waals surface area contributed by atoms with Crippen molar-refractivity contribution in [1.82, 2.24) is 24.5 Å². The van der Waals surface area contributed by atoms with Crippen molar-refractivity contribution in [3.8, 4) is 0 Å². The summed E-state index contributed by atoms with van der Waals surface area (Å²) in [5, 5.41) is 3.83. The Morgan fingerprint density at radius 3 is 2.52 bits per heavy atom. The summed E-state index contributed by atoms with van der Waals surface area (Å²) in [4.78, 5) is 23.1. The molecule has 1 unspecified atom stereocenters. The van der Waals surface area contributed by atoms with E-state index in [9.17, 15) is 13.6 Å². The number of aryl methyl sites for hydroxylation is 1. The Labute approximate surface area is 167 Å². The van der Waals surface area contributed by atoms with Crippen molar-refractivity contribution in [1.29, 1.82) is 0 Å². The van der Waals surface area contributed by atoms with Gasteiger partial charge in [-0.15, -0.1) is 0 Å². The smallest absolute Gasteiger partial charge is 0.280 e. The summed E-state index contributed by atoms with van der Waals surface area (Å²) in [6, 6.07) is 9.43. The maximum absolute atomic E-state index is 13.4. The molecule has 0 bridgehead atoms. The zero-order valence-corrected chi connectivity index (χ0v) is 16.4. The molecule has 6 nitrogen and oxygen atoms in total. The SMILES string of the molecule is Cc1ccc(C(C)C(=O)N2CCC(c3cc(C(F)F)n4ncnc4n3)CC2)cc1. The fraction of sp³-hybridized carbons (Fsp3) is 0.429. The van der Waals surface area contributed by atoms with Crippen LogP contribution in [0.1, 0.15) is 60.5 Å². The highest BCUT2D eigenvalue weighted by atomic mass is 19.3. The van der Waals surface area contributed by atoms with Crippen molar-refractivity contribution in [3.63, 3.8) is 0 Å². The molecular formula is C21H23F2N5O. The predicted octanol–water partition coefficient (Wildman–Crippen LogP) is 3.88. The second kappa shape index (κ2) is 7.85. The lowest BCUT2D eigenvalue weighted by atomic mass is 9.91. The molecule has 29 heavy (non-hydrogen) atoms. The van der Waals surface area contributed by atoms with Gasteiger partial charge in [0, 0.05) is 24.7 Å². The monoisotopic (exact) mass is 399 g/mol. The van der Waals surface area contributed by atoms with Gasteiger partial charge in [-0.05, 0) is 38.3 Å². The largest absolute Gasteiger partial charge is 0.342 e. The summed E-state index contributed by atoms with van der Waals surface area (Å²) in [5.41, 5.74) is 2.56. The molecule has 0 spiro atoms. The number of likely N-dealkylation sites (tertiary alicyclic amines) is 1. The number of hydrogen-bond acceptors (Lipinski definition) is 4. The quantitative estimate of drug-likeness (QED) is 0.668. The Kier molecular flexibility index (Phi) is 5.25. The van der Waals surface area contributed by atoms with Crippen LogP contribution < -0.4 is 0 Å². The van der Waals surface area contributed by atoms with Crippen LogP contribution in [0.4, 0.5) is 8.78 Å². The normalized spacial score (nSPS) is 16.5. The van der Waals surface area contributed by atoms with Gasteiger partial charge in [-0.25, -0.2) is 13.8 Å². The molecule has 1 atom stereocenters. The molecule has 8 heteroatoms. The van der Waals surface area contributed by atoms with E-state index in [2.05, 4.69) is 15.1 Å². The summed E-state index contributed by atoms with van der Waals surface area (Å²) in [5.74, 6) is 0.0988. The third-order valence-corrected chi connectivity index (χ3v) is 5.70. The van der Waals surface area contributed by atoms with Crippen molar-refractivity contribution in [2.45, 2.75) is 45.0 Å². The molecule has 1 aliphatic heterocycles. The van der Waals surface area contributed by atoms with Crippen LogP contribution >= 0.6 is 0 Å². The van der Waals surface area contributed by atoms with Crippen molar-refractivity contribution in [3.05, 3.63) is 59.2 Å². The second-order valence-corrected chi connectivity index (χ2v) is 7.61. The van der Waals surface area contributed by atoms with Gasteiger partial charge in [0.2, 0.25) is 5.91 Å². The Balaban J connectivity index is 1.46. The number of carbonyl (C=O) groups excluding carboxylic acids is 1. The summed E-state index contributed by atoms with van der Waals surface area (Å²) >= 11 is 0. The summed E-state index contributed by atoms with van der Waals surface area (Å²) in [7, 11) is 0. The molecule has 3 heterocycles. The summed E-state index contributed by atoms with van der Waals surface area (Å²) in [6.07, 6.45) is -0.0530. The first-order chi connectivity index (χ1) is 13.9. The highest BCUT2D eigenvalue weighted by molar-refractivity contribution is 5.83. The van der Waals surface area contributed by atoms with Crippen LogP contribution in [0.15, 0.2) is 36.7 Å². The fourth-order valence-corrected chi connectivity index (χ4v) is 3.89. The molecule has 1 aromatic carbocycles. The Morgan fingerprint density at radius 2 is 1.86 bits per heavy atom. The molecule has 0 radical (unpaired) electrons. The first-order valence-corrected chi connectivity index (χ1v) is 9.78. The zero-order valence-electron chi connectivity index (χ0n) is 16.4. The highest BCUT2D eigenvalue weighted by Gasteiger charge is 2.29. The van der Waals surface area contributed by atoms with E-state index < -0.39 is 6.43 Å². The number of fused-ring (bicyclic) bond motifs is 1. The van der Waals surface area contributed by atoms with Crippen molar-refractivity contribution < 1.29 is 13.6 Å². The zero-order chi connectivity index (χ0) is 20.5. The van der Waals surface area contributed by atoms with Crippen LogP contribution in [0.3, 0.4) is 0 Å². The number of benzene rings is 1. The maximum Gasteiger partial charge on any atom is 0.280 e. The van der Waals surface area contributed by atoms with E-state index in [0.717, 1.165) is 15.6 Å². The van der Waals surface area contributed by atoms with Crippen LogP contribution in [0.25, 0.3) is 5.78 Å². The standard InChI is InChI=1S/C21H23F2N5O/c1-13-3-5-15(6-4-13)14(2)20(29)27-9-7-16(8-10-27)17-11-18(19(22)23)28-21(26-17)24-12-25-28/h3-6,11-12,14,16,19H,7-10H2,1-2H3. The van der Waals surface area contributed by atoms with Crippen molar-refractivity contribution in [2.75, 3.05) is 13.1 Å². The van der Waals surface area contributed by atoms with E-state index in [1.54, 1.807) is 0 Å². The van der Waals surface area contributed by atoms with Gasteiger partial charge in [0.25, 0.3) is 12.2 Å². The molecular weight excluding hydrogens is 376 g/mol. The number of hydrogen-bond donors (Lipinski definition) is 0. The van der Waals surface area contributed by atoms with Gasteiger partial charge in [0.1, 0.15) is 12.0 Å². The van der Waals surface area contributed by atoms with E-state index in [4.69, 9.17) is 0 Å². The third kappa shape index (κ3) is 3.83. The van der Waals surface area contributed by atoms with Gasteiger partial charge in [-0.2, -0.15) is 14.6 Å². The Morgan fingerprint density at radius 1 is 1.17 bits per heavy atom. The number of alkyl halides is 2. The summed E-state index contributed by atoms with van der Waals surface area (Å²) < 4.78 is 27.9. The average molecular weight is 399 g/mol. The molecule has 1 fully saturated rings. The first kappa shape index (κ1) is 19.4. The molecule has 0 N–H and O–H groups in total. The molecule has 1 amide bonds. The van der Waals surface area contributed by atoms with Crippen LogP contribution in [0.2, 0.25) is 0 Å².